The molecule has 0 aliphatic carbocycles. The molecule has 0 saturated carbocycles. The lowest BCUT2D eigenvalue weighted by Gasteiger charge is -2.16. The highest BCUT2D eigenvalue weighted by molar-refractivity contribution is 7.22. The summed E-state index contributed by atoms with van der Waals surface area (Å²) in [7, 11) is 0. The Morgan fingerprint density at radius 2 is 2.16 bits per heavy atom. The minimum Gasteiger partial charge on any atom is -0.462 e. The van der Waals surface area contributed by atoms with Gasteiger partial charge >= 0.3 is 5.97 Å². The second-order valence-corrected chi connectivity index (χ2v) is 7.09. The first-order valence-corrected chi connectivity index (χ1v) is 7.85. The zero-order chi connectivity index (χ0) is 14.0. The van der Waals surface area contributed by atoms with Crippen molar-refractivity contribution in [1.29, 1.82) is 0 Å². The third-order valence-corrected chi connectivity index (χ3v) is 4.60. The van der Waals surface area contributed by atoms with E-state index in [0.29, 0.717) is 11.5 Å². The van der Waals surface area contributed by atoms with Crippen LogP contribution in [0.2, 0.25) is 0 Å². The predicted molar refractivity (Wildman–Crippen MR) is 80.1 cm³/mol. The highest BCUT2D eigenvalue weighted by atomic mass is 32.1. The largest absolute Gasteiger partial charge is 0.462 e. The second-order valence-electron chi connectivity index (χ2n) is 5.14. The molecule has 3 nitrogen and oxygen atoms in total. The number of thiophene rings is 1. The SMILES string of the molecule is CCOC(=O)c1sc(-c2cccs2)nc1C(C)(C)C. The average molecular weight is 295 g/mol. The molecule has 2 aromatic heterocycles. The standard InChI is InChI=1S/C14H17NO2S2/c1-5-17-13(16)10-11(14(2,3)4)15-12(19-10)9-7-6-8-18-9/h6-8H,5H2,1-4H3. The summed E-state index contributed by atoms with van der Waals surface area (Å²) in [6, 6.07) is 4.01. The van der Waals surface area contributed by atoms with Crippen molar-refractivity contribution in [2.45, 2.75) is 33.1 Å². The van der Waals surface area contributed by atoms with Crippen LogP contribution < -0.4 is 0 Å². The van der Waals surface area contributed by atoms with Crippen molar-refractivity contribution in [2.75, 3.05) is 6.61 Å². The van der Waals surface area contributed by atoms with Crippen LogP contribution in [0.4, 0.5) is 0 Å². The minimum absolute atomic E-state index is 0.173. The summed E-state index contributed by atoms with van der Waals surface area (Å²) >= 11 is 3.05. The van der Waals surface area contributed by atoms with Crippen LogP contribution in [-0.4, -0.2) is 17.6 Å². The Balaban J connectivity index is 2.49. The van der Waals surface area contributed by atoms with Gasteiger partial charge in [-0.2, -0.15) is 0 Å². The first-order chi connectivity index (χ1) is 8.93. The van der Waals surface area contributed by atoms with E-state index in [-0.39, 0.29) is 11.4 Å². The highest BCUT2D eigenvalue weighted by Crippen LogP contribution is 2.36. The van der Waals surface area contributed by atoms with Gasteiger partial charge in [0.25, 0.3) is 0 Å². The molecule has 2 rings (SSSR count). The van der Waals surface area contributed by atoms with Gasteiger partial charge in [-0.25, -0.2) is 9.78 Å². The molecule has 19 heavy (non-hydrogen) atoms. The van der Waals surface area contributed by atoms with Crippen LogP contribution in [0.15, 0.2) is 17.5 Å². The molecule has 0 unspecified atom stereocenters. The number of carbonyl (C=O) groups is 1. The third-order valence-electron chi connectivity index (χ3n) is 2.53. The van der Waals surface area contributed by atoms with Gasteiger partial charge in [0.15, 0.2) is 0 Å². The number of thiazole rings is 1. The van der Waals surface area contributed by atoms with Crippen molar-refractivity contribution < 1.29 is 9.53 Å². The Hall–Kier alpha value is -1.20. The smallest absolute Gasteiger partial charge is 0.350 e. The number of carbonyl (C=O) groups excluding carboxylic acids is 1. The summed E-state index contributed by atoms with van der Waals surface area (Å²) in [6.45, 7) is 8.37. The molecule has 0 aromatic carbocycles. The Morgan fingerprint density at radius 1 is 1.42 bits per heavy atom. The lowest BCUT2D eigenvalue weighted by atomic mass is 9.91. The minimum atomic E-state index is -0.271. The molecular weight excluding hydrogens is 278 g/mol. The Kier molecular flexibility index (Phi) is 4.06. The molecular formula is C14H17NO2S2. The van der Waals surface area contributed by atoms with E-state index < -0.39 is 0 Å². The number of ether oxygens (including phenoxy) is 1. The van der Waals surface area contributed by atoms with Gasteiger partial charge in [-0.1, -0.05) is 26.8 Å². The summed E-state index contributed by atoms with van der Waals surface area (Å²) in [5.74, 6) is -0.271. The zero-order valence-electron chi connectivity index (χ0n) is 11.5. The van der Waals surface area contributed by atoms with Gasteiger partial charge in [0.2, 0.25) is 0 Å². The van der Waals surface area contributed by atoms with Gasteiger partial charge in [-0.3, -0.25) is 0 Å². The fraction of sp³-hybridized carbons (Fsp3) is 0.429. The predicted octanol–water partition coefficient (Wildman–Crippen LogP) is 4.35. The van der Waals surface area contributed by atoms with E-state index in [4.69, 9.17) is 4.74 Å². The lowest BCUT2D eigenvalue weighted by Crippen LogP contribution is -2.17. The van der Waals surface area contributed by atoms with Crippen LogP contribution in [0.5, 0.6) is 0 Å². The maximum Gasteiger partial charge on any atom is 0.350 e. The quantitative estimate of drug-likeness (QED) is 0.790. The second kappa shape index (κ2) is 5.43. The Morgan fingerprint density at radius 3 is 2.68 bits per heavy atom. The number of nitrogens with zero attached hydrogens (tertiary/aromatic N) is 1. The van der Waals surface area contributed by atoms with Crippen LogP contribution in [0.1, 0.15) is 43.1 Å². The van der Waals surface area contributed by atoms with E-state index >= 15 is 0 Å². The van der Waals surface area contributed by atoms with Crippen LogP contribution >= 0.6 is 22.7 Å². The van der Waals surface area contributed by atoms with Gasteiger partial charge < -0.3 is 4.74 Å². The van der Waals surface area contributed by atoms with Gasteiger partial charge in [0.1, 0.15) is 9.88 Å². The normalized spacial score (nSPS) is 11.6. The van der Waals surface area contributed by atoms with E-state index in [1.54, 1.807) is 11.3 Å². The first kappa shape index (κ1) is 14.2. The number of hydrogen-bond acceptors (Lipinski definition) is 5. The van der Waals surface area contributed by atoms with Crippen molar-refractivity contribution >= 4 is 28.6 Å². The van der Waals surface area contributed by atoms with Gasteiger partial charge in [-0.05, 0) is 18.4 Å². The fourth-order valence-electron chi connectivity index (χ4n) is 1.67. The molecule has 0 aliphatic rings. The van der Waals surface area contributed by atoms with Crippen molar-refractivity contribution in [1.82, 2.24) is 4.98 Å². The maximum absolute atomic E-state index is 12.0. The van der Waals surface area contributed by atoms with Crippen molar-refractivity contribution in [3.8, 4) is 9.88 Å². The monoisotopic (exact) mass is 295 g/mol. The summed E-state index contributed by atoms with van der Waals surface area (Å²) in [5, 5.41) is 2.90. The number of esters is 1. The zero-order valence-corrected chi connectivity index (χ0v) is 13.2. The molecule has 2 heterocycles. The maximum atomic E-state index is 12.0. The summed E-state index contributed by atoms with van der Waals surface area (Å²) in [4.78, 5) is 18.4. The Bertz CT molecular complexity index is 565. The molecule has 102 valence electrons. The topological polar surface area (TPSA) is 39.2 Å². The summed E-state index contributed by atoms with van der Waals surface area (Å²) in [6.07, 6.45) is 0. The van der Waals surface area contributed by atoms with Crippen LogP contribution in [0, 0.1) is 0 Å². The summed E-state index contributed by atoms with van der Waals surface area (Å²) in [5.41, 5.74) is 0.646. The van der Waals surface area contributed by atoms with E-state index in [0.717, 1.165) is 15.6 Å². The molecule has 0 aliphatic heterocycles. The van der Waals surface area contributed by atoms with E-state index in [9.17, 15) is 4.79 Å². The van der Waals surface area contributed by atoms with E-state index in [2.05, 4.69) is 25.8 Å². The molecule has 0 amide bonds. The van der Waals surface area contributed by atoms with Crippen LogP contribution in [-0.2, 0) is 10.2 Å². The van der Waals surface area contributed by atoms with E-state index in [1.807, 2.05) is 24.4 Å². The van der Waals surface area contributed by atoms with Crippen LogP contribution in [0.3, 0.4) is 0 Å². The molecule has 5 heteroatoms. The van der Waals surface area contributed by atoms with Crippen molar-refractivity contribution in [2.24, 2.45) is 0 Å². The van der Waals surface area contributed by atoms with Gasteiger partial charge in [-0.15, -0.1) is 22.7 Å². The molecule has 0 N–H and O–H groups in total. The van der Waals surface area contributed by atoms with Crippen LogP contribution in [0.25, 0.3) is 9.88 Å². The molecule has 0 radical (unpaired) electrons. The molecule has 0 spiro atoms. The fourth-order valence-corrected chi connectivity index (χ4v) is 3.64. The van der Waals surface area contributed by atoms with Gasteiger partial charge in [0, 0.05) is 5.41 Å². The third kappa shape index (κ3) is 3.04. The average Bonchev–Trinajstić information content (AvgIpc) is 2.97. The molecule has 0 fully saturated rings. The summed E-state index contributed by atoms with van der Waals surface area (Å²) < 4.78 is 5.13. The molecule has 0 saturated heterocycles. The molecule has 0 bridgehead atoms. The first-order valence-electron chi connectivity index (χ1n) is 6.15. The number of hydrogen-bond donors (Lipinski definition) is 0. The van der Waals surface area contributed by atoms with Crippen molar-refractivity contribution in [3.05, 3.63) is 28.1 Å². The van der Waals surface area contributed by atoms with E-state index in [1.165, 1.54) is 11.3 Å². The lowest BCUT2D eigenvalue weighted by molar-refractivity contribution is 0.0529. The number of aromatic nitrogens is 1. The molecule has 0 atom stereocenters. The highest BCUT2D eigenvalue weighted by Gasteiger charge is 2.28. The molecule has 2 aromatic rings. The Labute approximate surface area is 121 Å². The number of rotatable bonds is 3. The van der Waals surface area contributed by atoms with Gasteiger partial charge in [0.05, 0.1) is 17.2 Å². The van der Waals surface area contributed by atoms with Crippen molar-refractivity contribution in [3.63, 3.8) is 0 Å².